The molecule has 1 saturated carbocycles. The number of allylic oxidation sites excluding steroid dienone is 1. The second kappa shape index (κ2) is 11.6. The maximum absolute atomic E-state index is 11.3. The van der Waals surface area contributed by atoms with E-state index < -0.39 is 0 Å². The highest BCUT2D eigenvalue weighted by atomic mass is 16.5. The molecule has 0 aromatic carbocycles. The summed E-state index contributed by atoms with van der Waals surface area (Å²) in [5, 5.41) is 20.3. The topological polar surface area (TPSA) is 66.8 Å². The number of ether oxygens (including phenoxy) is 1. The lowest BCUT2D eigenvalue weighted by Gasteiger charge is -2.21. The average molecular weight is 341 g/mol. The molecule has 4 heteroatoms. The standard InChI is InChI=1S/C20H36O4/c1-4-5-6-7-17(21)11-9-16-10-13-19(22)18(16)12-8-15(2)14-20(23)24-3/h9,11,15-19,21-22H,4-8,10,12-14H2,1-3H3/t15?,16-,17?,18-,19-/m0/s1. The van der Waals surface area contributed by atoms with Crippen LogP contribution in [0.2, 0.25) is 0 Å². The van der Waals surface area contributed by atoms with Crippen LogP contribution in [-0.2, 0) is 9.53 Å². The van der Waals surface area contributed by atoms with Crippen LogP contribution in [0.3, 0.4) is 0 Å². The molecule has 1 aliphatic rings. The number of rotatable bonds is 11. The molecule has 0 radical (unpaired) electrons. The van der Waals surface area contributed by atoms with Gasteiger partial charge in [-0.25, -0.2) is 0 Å². The van der Waals surface area contributed by atoms with Gasteiger partial charge < -0.3 is 14.9 Å². The molecule has 4 nitrogen and oxygen atoms in total. The van der Waals surface area contributed by atoms with Crippen molar-refractivity contribution in [1.82, 2.24) is 0 Å². The van der Waals surface area contributed by atoms with Crippen LogP contribution in [0.4, 0.5) is 0 Å². The lowest BCUT2D eigenvalue weighted by Crippen LogP contribution is -2.20. The van der Waals surface area contributed by atoms with Crippen LogP contribution in [0.25, 0.3) is 0 Å². The SMILES string of the molecule is CCCCCC(O)C=C[C@H]1CC[C@H](O)[C@H]1CCC(C)CC(=O)OC. The number of hydrogen-bond acceptors (Lipinski definition) is 4. The number of hydrogen-bond donors (Lipinski definition) is 2. The van der Waals surface area contributed by atoms with Gasteiger partial charge in [-0.3, -0.25) is 4.79 Å². The van der Waals surface area contributed by atoms with Gasteiger partial charge in [-0.15, -0.1) is 0 Å². The van der Waals surface area contributed by atoms with Gasteiger partial charge in [-0.05, 0) is 49.9 Å². The van der Waals surface area contributed by atoms with Crippen molar-refractivity contribution in [1.29, 1.82) is 0 Å². The molecule has 1 fully saturated rings. The highest BCUT2D eigenvalue weighted by Gasteiger charge is 2.33. The van der Waals surface area contributed by atoms with Crippen LogP contribution in [0.15, 0.2) is 12.2 Å². The first-order chi connectivity index (χ1) is 11.5. The second-order valence-electron chi connectivity index (χ2n) is 7.38. The zero-order valence-electron chi connectivity index (χ0n) is 15.6. The van der Waals surface area contributed by atoms with Gasteiger partial charge >= 0.3 is 5.97 Å². The van der Waals surface area contributed by atoms with E-state index in [1.807, 2.05) is 6.08 Å². The van der Waals surface area contributed by atoms with E-state index in [1.165, 1.54) is 7.11 Å². The minimum absolute atomic E-state index is 0.166. The Labute approximate surface area is 147 Å². The summed E-state index contributed by atoms with van der Waals surface area (Å²) in [4.78, 5) is 11.3. The van der Waals surface area contributed by atoms with Crippen molar-refractivity contribution in [2.24, 2.45) is 17.8 Å². The van der Waals surface area contributed by atoms with Crippen LogP contribution >= 0.6 is 0 Å². The molecule has 0 saturated heterocycles. The second-order valence-corrected chi connectivity index (χ2v) is 7.38. The maximum atomic E-state index is 11.3. The molecule has 0 aromatic heterocycles. The maximum Gasteiger partial charge on any atom is 0.305 e. The zero-order chi connectivity index (χ0) is 17.9. The zero-order valence-corrected chi connectivity index (χ0v) is 15.6. The number of carbonyl (C=O) groups excluding carboxylic acids is 1. The third kappa shape index (κ3) is 7.80. The van der Waals surface area contributed by atoms with E-state index >= 15 is 0 Å². The summed E-state index contributed by atoms with van der Waals surface area (Å²) in [6.07, 6.45) is 11.7. The Kier molecular flexibility index (Phi) is 10.3. The fourth-order valence-corrected chi connectivity index (χ4v) is 3.64. The minimum atomic E-state index is -0.367. The van der Waals surface area contributed by atoms with Gasteiger partial charge in [0.1, 0.15) is 0 Å². The third-order valence-corrected chi connectivity index (χ3v) is 5.26. The summed E-state index contributed by atoms with van der Waals surface area (Å²) >= 11 is 0. The Morgan fingerprint density at radius 1 is 1.29 bits per heavy atom. The molecule has 1 aliphatic carbocycles. The number of aliphatic hydroxyl groups excluding tert-OH is 2. The predicted octanol–water partition coefficient (Wildman–Crippen LogP) is 3.85. The molecule has 0 heterocycles. The van der Waals surface area contributed by atoms with Crippen molar-refractivity contribution in [2.45, 2.75) is 83.8 Å². The molecule has 140 valence electrons. The number of esters is 1. The first-order valence-electron chi connectivity index (χ1n) is 9.59. The van der Waals surface area contributed by atoms with Crippen LogP contribution < -0.4 is 0 Å². The first-order valence-corrected chi connectivity index (χ1v) is 9.59. The molecule has 0 aromatic rings. The van der Waals surface area contributed by atoms with Crippen LogP contribution in [0, 0.1) is 17.8 Å². The average Bonchev–Trinajstić information content (AvgIpc) is 2.91. The van der Waals surface area contributed by atoms with Crippen molar-refractivity contribution in [3.05, 3.63) is 12.2 Å². The van der Waals surface area contributed by atoms with E-state index in [9.17, 15) is 15.0 Å². The molecular weight excluding hydrogens is 304 g/mol. The highest BCUT2D eigenvalue weighted by Crippen LogP contribution is 2.37. The molecule has 5 atom stereocenters. The summed E-state index contributed by atoms with van der Waals surface area (Å²) in [6, 6.07) is 0. The lowest BCUT2D eigenvalue weighted by atomic mass is 9.86. The Balaban J connectivity index is 2.42. The molecule has 2 N–H and O–H groups in total. The molecule has 0 spiro atoms. The van der Waals surface area contributed by atoms with E-state index in [2.05, 4.69) is 19.9 Å². The van der Waals surface area contributed by atoms with E-state index in [0.29, 0.717) is 12.3 Å². The van der Waals surface area contributed by atoms with E-state index in [0.717, 1.165) is 51.4 Å². The number of carbonyl (C=O) groups is 1. The van der Waals surface area contributed by atoms with Crippen molar-refractivity contribution >= 4 is 5.97 Å². The van der Waals surface area contributed by atoms with Crippen molar-refractivity contribution in [3.8, 4) is 0 Å². The van der Waals surface area contributed by atoms with Gasteiger partial charge in [0.25, 0.3) is 0 Å². The fourth-order valence-electron chi connectivity index (χ4n) is 3.64. The van der Waals surface area contributed by atoms with Crippen LogP contribution in [0.1, 0.15) is 71.6 Å². The largest absolute Gasteiger partial charge is 0.469 e. The van der Waals surface area contributed by atoms with Gasteiger partial charge in [0.15, 0.2) is 0 Å². The Morgan fingerprint density at radius 3 is 2.71 bits per heavy atom. The highest BCUT2D eigenvalue weighted by molar-refractivity contribution is 5.69. The van der Waals surface area contributed by atoms with Gasteiger partial charge in [0.2, 0.25) is 0 Å². The molecule has 2 unspecified atom stereocenters. The monoisotopic (exact) mass is 340 g/mol. The number of aliphatic hydroxyl groups is 2. The van der Waals surface area contributed by atoms with E-state index in [4.69, 9.17) is 4.74 Å². The Bertz CT molecular complexity index is 380. The molecule has 1 rings (SSSR count). The number of unbranched alkanes of at least 4 members (excludes halogenated alkanes) is 2. The molecule has 0 aliphatic heterocycles. The van der Waals surface area contributed by atoms with Gasteiger partial charge in [0, 0.05) is 6.42 Å². The summed E-state index contributed by atoms with van der Waals surface area (Å²) < 4.78 is 4.71. The molecular formula is C20H36O4. The Hall–Kier alpha value is -0.870. The van der Waals surface area contributed by atoms with E-state index in [1.54, 1.807) is 0 Å². The van der Waals surface area contributed by atoms with Crippen molar-refractivity contribution < 1.29 is 19.7 Å². The fraction of sp³-hybridized carbons (Fsp3) is 0.850. The summed E-state index contributed by atoms with van der Waals surface area (Å²) in [5.41, 5.74) is 0. The van der Waals surface area contributed by atoms with E-state index in [-0.39, 0.29) is 30.0 Å². The Morgan fingerprint density at radius 2 is 2.04 bits per heavy atom. The smallest absolute Gasteiger partial charge is 0.305 e. The summed E-state index contributed by atoms with van der Waals surface area (Å²) in [6.45, 7) is 4.22. The lowest BCUT2D eigenvalue weighted by molar-refractivity contribution is -0.141. The van der Waals surface area contributed by atoms with Crippen LogP contribution in [-0.4, -0.2) is 35.5 Å². The van der Waals surface area contributed by atoms with Crippen LogP contribution in [0.5, 0.6) is 0 Å². The molecule has 0 bridgehead atoms. The summed E-state index contributed by atoms with van der Waals surface area (Å²) in [7, 11) is 1.42. The normalized spacial score (nSPS) is 26.6. The number of methoxy groups -OCH3 is 1. The van der Waals surface area contributed by atoms with Gasteiger partial charge in [0.05, 0.1) is 19.3 Å². The van der Waals surface area contributed by atoms with Gasteiger partial charge in [-0.1, -0.05) is 45.3 Å². The molecule has 24 heavy (non-hydrogen) atoms. The predicted molar refractivity (Wildman–Crippen MR) is 96.5 cm³/mol. The molecule has 0 amide bonds. The third-order valence-electron chi connectivity index (χ3n) is 5.26. The van der Waals surface area contributed by atoms with Crippen molar-refractivity contribution in [2.75, 3.05) is 7.11 Å². The quantitative estimate of drug-likeness (QED) is 0.340. The van der Waals surface area contributed by atoms with Gasteiger partial charge in [-0.2, -0.15) is 0 Å². The first kappa shape index (κ1) is 21.2. The van der Waals surface area contributed by atoms with Crippen molar-refractivity contribution in [3.63, 3.8) is 0 Å². The summed E-state index contributed by atoms with van der Waals surface area (Å²) in [5.74, 6) is 0.686. The minimum Gasteiger partial charge on any atom is -0.469 e.